The van der Waals surface area contributed by atoms with Gasteiger partial charge in [-0.3, -0.25) is 9.78 Å². The van der Waals surface area contributed by atoms with E-state index in [-0.39, 0.29) is 17.5 Å². The van der Waals surface area contributed by atoms with Crippen LogP contribution in [0.3, 0.4) is 0 Å². The number of allylic oxidation sites excluding steroid dienone is 1. The standard InChI is InChI=1S/C23H20FNO/c1-15(2)20-13-22(18-7-5-4-6-8-18)25-14-21(20)23(26)16(3)17-9-11-19(24)12-10-17/h4-15H,3H2,1-2H3. The van der Waals surface area contributed by atoms with Crippen molar-refractivity contribution in [3.63, 3.8) is 0 Å². The highest BCUT2D eigenvalue weighted by Crippen LogP contribution is 2.28. The van der Waals surface area contributed by atoms with Crippen molar-refractivity contribution in [3.05, 3.63) is 95.9 Å². The lowest BCUT2D eigenvalue weighted by molar-refractivity contribution is 0.105. The van der Waals surface area contributed by atoms with Gasteiger partial charge in [0.15, 0.2) is 5.78 Å². The number of pyridine rings is 1. The molecule has 2 aromatic carbocycles. The maximum absolute atomic E-state index is 13.1. The normalized spacial score (nSPS) is 10.8. The van der Waals surface area contributed by atoms with Crippen molar-refractivity contribution in [2.24, 2.45) is 0 Å². The zero-order valence-electron chi connectivity index (χ0n) is 14.9. The molecule has 130 valence electrons. The van der Waals surface area contributed by atoms with Gasteiger partial charge in [-0.1, -0.05) is 62.9 Å². The molecule has 0 saturated heterocycles. The Morgan fingerprint density at radius 3 is 2.31 bits per heavy atom. The van der Waals surface area contributed by atoms with Gasteiger partial charge >= 0.3 is 0 Å². The number of benzene rings is 2. The summed E-state index contributed by atoms with van der Waals surface area (Å²) in [6.45, 7) is 8.00. The molecular formula is C23H20FNO. The first-order chi connectivity index (χ1) is 12.5. The zero-order valence-corrected chi connectivity index (χ0v) is 14.9. The molecule has 0 amide bonds. The van der Waals surface area contributed by atoms with Crippen molar-refractivity contribution in [1.29, 1.82) is 0 Å². The van der Waals surface area contributed by atoms with E-state index in [2.05, 4.69) is 11.6 Å². The molecule has 3 heteroatoms. The summed E-state index contributed by atoms with van der Waals surface area (Å²) in [5.74, 6) is -0.376. The first kappa shape index (κ1) is 17.7. The van der Waals surface area contributed by atoms with Gasteiger partial charge in [-0.25, -0.2) is 4.39 Å². The number of carbonyl (C=O) groups is 1. The second-order valence-corrected chi connectivity index (χ2v) is 6.49. The third kappa shape index (κ3) is 3.62. The summed E-state index contributed by atoms with van der Waals surface area (Å²) >= 11 is 0. The zero-order chi connectivity index (χ0) is 18.7. The third-order valence-corrected chi connectivity index (χ3v) is 4.34. The van der Waals surface area contributed by atoms with Crippen molar-refractivity contribution in [2.75, 3.05) is 0 Å². The SMILES string of the molecule is C=C(C(=O)c1cnc(-c2ccccc2)cc1C(C)C)c1ccc(F)cc1. The molecule has 0 unspecified atom stereocenters. The average molecular weight is 345 g/mol. The highest BCUT2D eigenvalue weighted by molar-refractivity contribution is 6.28. The summed E-state index contributed by atoms with van der Waals surface area (Å²) in [6, 6.07) is 17.6. The van der Waals surface area contributed by atoms with Gasteiger partial charge in [-0.2, -0.15) is 0 Å². The minimum absolute atomic E-state index is 0.153. The molecule has 0 N–H and O–H groups in total. The largest absolute Gasteiger partial charge is 0.289 e. The van der Waals surface area contributed by atoms with Gasteiger partial charge in [0.05, 0.1) is 5.69 Å². The van der Waals surface area contributed by atoms with Crippen LogP contribution in [-0.2, 0) is 0 Å². The van der Waals surface area contributed by atoms with Crippen LogP contribution >= 0.6 is 0 Å². The predicted molar refractivity (Wildman–Crippen MR) is 104 cm³/mol. The number of nitrogens with zero attached hydrogens (tertiary/aromatic N) is 1. The fourth-order valence-corrected chi connectivity index (χ4v) is 2.85. The number of halogens is 1. The Morgan fingerprint density at radius 2 is 1.69 bits per heavy atom. The molecular weight excluding hydrogens is 325 g/mol. The van der Waals surface area contributed by atoms with Crippen LogP contribution in [-0.4, -0.2) is 10.8 Å². The molecule has 0 aliphatic carbocycles. The van der Waals surface area contributed by atoms with Crippen LogP contribution < -0.4 is 0 Å². The van der Waals surface area contributed by atoms with E-state index in [1.54, 1.807) is 18.3 Å². The molecule has 1 heterocycles. The summed E-state index contributed by atoms with van der Waals surface area (Å²) in [7, 11) is 0. The van der Waals surface area contributed by atoms with E-state index < -0.39 is 0 Å². The van der Waals surface area contributed by atoms with Crippen LogP contribution in [0, 0.1) is 5.82 Å². The highest BCUT2D eigenvalue weighted by atomic mass is 19.1. The van der Waals surface area contributed by atoms with Gasteiger partial charge in [0, 0.05) is 22.9 Å². The topological polar surface area (TPSA) is 30.0 Å². The Labute approximate surface area is 153 Å². The van der Waals surface area contributed by atoms with Crippen molar-refractivity contribution >= 4 is 11.4 Å². The van der Waals surface area contributed by atoms with Crippen molar-refractivity contribution in [1.82, 2.24) is 4.98 Å². The maximum Gasteiger partial charge on any atom is 0.194 e. The van der Waals surface area contributed by atoms with Gasteiger partial charge < -0.3 is 0 Å². The molecule has 0 bridgehead atoms. The summed E-state index contributed by atoms with van der Waals surface area (Å²) < 4.78 is 13.1. The van der Waals surface area contributed by atoms with Crippen molar-refractivity contribution < 1.29 is 9.18 Å². The van der Waals surface area contributed by atoms with Crippen LogP contribution in [0.15, 0.2) is 73.4 Å². The monoisotopic (exact) mass is 345 g/mol. The van der Waals surface area contributed by atoms with Gasteiger partial charge in [0.1, 0.15) is 5.82 Å². The Kier molecular flexibility index (Phi) is 5.08. The van der Waals surface area contributed by atoms with E-state index in [4.69, 9.17) is 0 Å². The molecule has 0 fully saturated rings. The molecule has 3 rings (SSSR count). The average Bonchev–Trinajstić information content (AvgIpc) is 2.67. The highest BCUT2D eigenvalue weighted by Gasteiger charge is 2.19. The number of hydrogen-bond donors (Lipinski definition) is 0. The van der Waals surface area contributed by atoms with Gasteiger partial charge in [0.2, 0.25) is 0 Å². The Morgan fingerprint density at radius 1 is 1.04 bits per heavy atom. The molecule has 0 atom stereocenters. The molecule has 0 aliphatic heterocycles. The van der Waals surface area contributed by atoms with E-state index in [0.717, 1.165) is 16.8 Å². The van der Waals surface area contributed by atoms with Gasteiger partial charge in [-0.15, -0.1) is 0 Å². The van der Waals surface area contributed by atoms with E-state index in [1.807, 2.05) is 50.2 Å². The second-order valence-electron chi connectivity index (χ2n) is 6.49. The van der Waals surface area contributed by atoms with E-state index in [1.165, 1.54) is 12.1 Å². The van der Waals surface area contributed by atoms with E-state index in [9.17, 15) is 9.18 Å². The Bertz CT molecular complexity index is 944. The number of Topliss-reactive ketones (excluding diaryl/α,β-unsaturated/α-hetero) is 1. The molecule has 0 spiro atoms. The van der Waals surface area contributed by atoms with Gasteiger partial charge in [0.25, 0.3) is 0 Å². The number of rotatable bonds is 5. The third-order valence-electron chi connectivity index (χ3n) is 4.34. The maximum atomic E-state index is 13.1. The lowest BCUT2D eigenvalue weighted by atomic mass is 9.90. The van der Waals surface area contributed by atoms with Crippen molar-refractivity contribution in [2.45, 2.75) is 19.8 Å². The minimum Gasteiger partial charge on any atom is -0.289 e. The number of ketones is 1. The quantitative estimate of drug-likeness (QED) is 0.425. The molecule has 26 heavy (non-hydrogen) atoms. The predicted octanol–water partition coefficient (Wildman–Crippen LogP) is 5.91. The summed E-state index contributed by atoms with van der Waals surface area (Å²) in [4.78, 5) is 17.5. The summed E-state index contributed by atoms with van der Waals surface area (Å²) in [5, 5.41) is 0. The fourth-order valence-electron chi connectivity index (χ4n) is 2.85. The Hall–Kier alpha value is -3.07. The number of aromatic nitrogens is 1. The number of carbonyl (C=O) groups excluding carboxylic acids is 1. The Balaban J connectivity index is 2.00. The van der Waals surface area contributed by atoms with Crippen LogP contribution in [0.4, 0.5) is 4.39 Å². The van der Waals surface area contributed by atoms with Crippen LogP contribution in [0.1, 0.15) is 41.3 Å². The minimum atomic E-state index is -0.342. The van der Waals surface area contributed by atoms with Gasteiger partial charge in [-0.05, 0) is 35.2 Å². The molecule has 1 aromatic heterocycles. The first-order valence-electron chi connectivity index (χ1n) is 8.52. The lowest BCUT2D eigenvalue weighted by Gasteiger charge is -2.15. The second kappa shape index (κ2) is 7.44. The summed E-state index contributed by atoms with van der Waals surface area (Å²) in [5.41, 5.74) is 4.24. The first-order valence-corrected chi connectivity index (χ1v) is 8.52. The summed E-state index contributed by atoms with van der Waals surface area (Å²) in [6.07, 6.45) is 1.62. The fraction of sp³-hybridized carbons (Fsp3) is 0.130. The van der Waals surface area contributed by atoms with Crippen LogP contribution in [0.2, 0.25) is 0 Å². The van der Waals surface area contributed by atoms with Crippen molar-refractivity contribution in [3.8, 4) is 11.3 Å². The molecule has 3 aromatic rings. The molecule has 0 saturated carbocycles. The van der Waals surface area contributed by atoms with E-state index >= 15 is 0 Å². The van der Waals surface area contributed by atoms with Crippen LogP contribution in [0.5, 0.6) is 0 Å². The molecule has 0 aliphatic rings. The van der Waals surface area contributed by atoms with E-state index in [0.29, 0.717) is 16.7 Å². The number of hydrogen-bond acceptors (Lipinski definition) is 2. The molecule has 2 nitrogen and oxygen atoms in total. The smallest absolute Gasteiger partial charge is 0.194 e. The van der Waals surface area contributed by atoms with Crippen LogP contribution in [0.25, 0.3) is 16.8 Å². The molecule has 0 radical (unpaired) electrons. The lowest BCUT2D eigenvalue weighted by Crippen LogP contribution is -2.08.